The monoisotopic (exact) mass is 451 g/mol. The molecule has 0 atom stereocenters. The van der Waals surface area contributed by atoms with E-state index in [0.717, 1.165) is 5.39 Å². The van der Waals surface area contributed by atoms with Gasteiger partial charge in [0.15, 0.2) is 5.82 Å². The van der Waals surface area contributed by atoms with Crippen LogP contribution in [0.3, 0.4) is 0 Å². The van der Waals surface area contributed by atoms with Crippen molar-refractivity contribution in [1.29, 1.82) is 0 Å². The first kappa shape index (κ1) is 22.4. The summed E-state index contributed by atoms with van der Waals surface area (Å²) < 4.78 is 20.1. The Morgan fingerprint density at radius 2 is 1.73 bits per heavy atom. The second-order valence-electron chi connectivity index (χ2n) is 7.96. The Morgan fingerprint density at radius 1 is 1.03 bits per heavy atom. The van der Waals surface area contributed by atoms with Gasteiger partial charge < -0.3 is 19.4 Å². The van der Waals surface area contributed by atoms with Gasteiger partial charge in [0.2, 0.25) is 0 Å². The Kier molecular flexibility index (Phi) is 6.39. The maximum absolute atomic E-state index is 15.1. The molecule has 3 aromatic rings. The lowest BCUT2D eigenvalue weighted by atomic mass is 10.1. The lowest BCUT2D eigenvalue weighted by Gasteiger charge is -2.34. The molecule has 9 heteroatoms. The molecule has 2 heterocycles. The smallest absolute Gasteiger partial charge is 0.409 e. The molecule has 0 aliphatic carbocycles. The van der Waals surface area contributed by atoms with Crippen LogP contribution in [-0.4, -0.2) is 78.6 Å². The molecule has 1 saturated heterocycles. The van der Waals surface area contributed by atoms with Crippen LogP contribution in [0.1, 0.15) is 17.3 Å². The quantitative estimate of drug-likeness (QED) is 0.605. The van der Waals surface area contributed by atoms with Gasteiger partial charge in [-0.3, -0.25) is 4.79 Å². The van der Waals surface area contributed by atoms with Crippen molar-refractivity contribution >= 4 is 28.7 Å². The molecule has 4 rings (SSSR count). The predicted octanol–water partition coefficient (Wildman–Crippen LogP) is 3.42. The zero-order valence-corrected chi connectivity index (χ0v) is 18.9. The summed E-state index contributed by atoms with van der Waals surface area (Å²) in [4.78, 5) is 38.9. The zero-order chi connectivity index (χ0) is 23.5. The van der Waals surface area contributed by atoms with Crippen LogP contribution < -0.4 is 4.90 Å². The van der Waals surface area contributed by atoms with Crippen LogP contribution >= 0.6 is 0 Å². The molecule has 0 N–H and O–H groups in total. The van der Waals surface area contributed by atoms with E-state index in [-0.39, 0.29) is 29.0 Å². The number of anilines is 1. The first-order chi connectivity index (χ1) is 15.9. The predicted molar refractivity (Wildman–Crippen MR) is 124 cm³/mol. The number of ether oxygens (including phenoxy) is 1. The third-order valence-corrected chi connectivity index (χ3v) is 5.56. The van der Waals surface area contributed by atoms with Crippen LogP contribution in [0.4, 0.5) is 15.0 Å². The molecular formula is C24H26FN5O3. The molecule has 172 valence electrons. The number of rotatable bonds is 4. The van der Waals surface area contributed by atoms with E-state index in [0.29, 0.717) is 44.1 Å². The Morgan fingerprint density at radius 3 is 2.39 bits per heavy atom. The average Bonchev–Trinajstić information content (AvgIpc) is 2.83. The molecule has 2 amide bonds. The molecule has 1 aromatic heterocycles. The number of halogens is 1. The number of fused-ring (bicyclic) bond motifs is 1. The van der Waals surface area contributed by atoms with E-state index in [1.165, 1.54) is 6.07 Å². The lowest BCUT2D eigenvalue weighted by Crippen LogP contribution is -2.50. The van der Waals surface area contributed by atoms with Gasteiger partial charge in [0.1, 0.15) is 11.6 Å². The molecule has 0 radical (unpaired) electrons. The van der Waals surface area contributed by atoms with Crippen molar-refractivity contribution in [2.24, 2.45) is 0 Å². The number of benzene rings is 2. The molecule has 33 heavy (non-hydrogen) atoms. The number of nitrogens with zero attached hydrogens (tertiary/aromatic N) is 5. The highest BCUT2D eigenvalue weighted by Crippen LogP contribution is 2.28. The Labute approximate surface area is 191 Å². The van der Waals surface area contributed by atoms with Gasteiger partial charge >= 0.3 is 6.09 Å². The number of aromatic nitrogens is 2. The number of piperazine rings is 1. The van der Waals surface area contributed by atoms with Crippen LogP contribution in [0, 0.1) is 5.82 Å². The van der Waals surface area contributed by atoms with Crippen molar-refractivity contribution in [3.63, 3.8) is 0 Å². The summed E-state index contributed by atoms with van der Waals surface area (Å²) in [5.74, 6) is 0.106. The van der Waals surface area contributed by atoms with Gasteiger partial charge in [0.05, 0.1) is 17.7 Å². The van der Waals surface area contributed by atoms with Crippen molar-refractivity contribution in [1.82, 2.24) is 19.8 Å². The molecule has 2 aromatic carbocycles. The highest BCUT2D eigenvalue weighted by atomic mass is 19.1. The van der Waals surface area contributed by atoms with E-state index in [1.54, 1.807) is 28.9 Å². The van der Waals surface area contributed by atoms with Crippen molar-refractivity contribution in [3.05, 3.63) is 53.8 Å². The normalized spacial score (nSPS) is 13.8. The summed E-state index contributed by atoms with van der Waals surface area (Å²) in [6, 6.07) is 11.9. The van der Waals surface area contributed by atoms with Crippen LogP contribution in [0.25, 0.3) is 22.3 Å². The number of hydrogen-bond acceptors (Lipinski definition) is 6. The average molecular weight is 452 g/mol. The second kappa shape index (κ2) is 9.40. The molecule has 1 aliphatic heterocycles. The van der Waals surface area contributed by atoms with E-state index in [1.807, 2.05) is 43.3 Å². The largest absolute Gasteiger partial charge is 0.450 e. The van der Waals surface area contributed by atoms with Crippen LogP contribution in [0.2, 0.25) is 0 Å². The third-order valence-electron chi connectivity index (χ3n) is 5.56. The fourth-order valence-corrected chi connectivity index (χ4v) is 3.84. The van der Waals surface area contributed by atoms with Crippen molar-refractivity contribution in [2.45, 2.75) is 6.92 Å². The minimum atomic E-state index is -0.564. The van der Waals surface area contributed by atoms with Gasteiger partial charge in [-0.15, -0.1) is 0 Å². The molecular weight excluding hydrogens is 425 g/mol. The van der Waals surface area contributed by atoms with Gasteiger partial charge in [0, 0.05) is 51.2 Å². The highest BCUT2D eigenvalue weighted by molar-refractivity contribution is 5.95. The first-order valence-electron chi connectivity index (χ1n) is 10.8. The molecule has 8 nitrogen and oxygen atoms in total. The molecule has 1 fully saturated rings. The van der Waals surface area contributed by atoms with Crippen LogP contribution in [-0.2, 0) is 4.74 Å². The van der Waals surface area contributed by atoms with Gasteiger partial charge in [-0.2, -0.15) is 0 Å². The Bertz CT molecular complexity index is 1190. The van der Waals surface area contributed by atoms with Gasteiger partial charge in [-0.1, -0.05) is 12.1 Å². The Hall–Kier alpha value is -3.75. The number of carbonyl (C=O) groups excluding carboxylic acids is 2. The van der Waals surface area contributed by atoms with Crippen LogP contribution in [0.5, 0.6) is 0 Å². The minimum absolute atomic E-state index is 0.229. The van der Waals surface area contributed by atoms with E-state index < -0.39 is 5.82 Å². The summed E-state index contributed by atoms with van der Waals surface area (Å²) in [5, 5.41) is 0.875. The fourth-order valence-electron chi connectivity index (χ4n) is 3.84. The fraction of sp³-hybridized carbons (Fsp3) is 0.333. The molecule has 0 unspecified atom stereocenters. The van der Waals surface area contributed by atoms with Crippen molar-refractivity contribution in [3.8, 4) is 11.4 Å². The minimum Gasteiger partial charge on any atom is -0.450 e. The number of hydrogen-bond donors (Lipinski definition) is 0. The van der Waals surface area contributed by atoms with E-state index in [9.17, 15) is 9.59 Å². The third kappa shape index (κ3) is 4.57. The number of para-hydroxylation sites is 1. The van der Waals surface area contributed by atoms with E-state index in [2.05, 4.69) is 9.97 Å². The lowest BCUT2D eigenvalue weighted by molar-refractivity contribution is 0.0570. The molecule has 0 saturated carbocycles. The second-order valence-corrected chi connectivity index (χ2v) is 7.96. The molecule has 0 bridgehead atoms. The SMILES string of the molecule is CCOC(=O)N1CCN(C(=O)c2ccc(-c3nc(N(C)C)c4ccccc4n3)c(F)c2)CC1. The Balaban J connectivity index is 1.56. The van der Waals surface area contributed by atoms with Gasteiger partial charge in [0.25, 0.3) is 5.91 Å². The highest BCUT2D eigenvalue weighted by Gasteiger charge is 2.26. The summed E-state index contributed by atoms with van der Waals surface area (Å²) in [6.07, 6.45) is -0.382. The van der Waals surface area contributed by atoms with Crippen molar-refractivity contribution < 1.29 is 18.7 Å². The molecule has 1 aliphatic rings. The summed E-state index contributed by atoms with van der Waals surface area (Å²) >= 11 is 0. The summed E-state index contributed by atoms with van der Waals surface area (Å²) in [5.41, 5.74) is 1.19. The first-order valence-corrected chi connectivity index (χ1v) is 10.8. The number of carbonyl (C=O) groups is 2. The van der Waals surface area contributed by atoms with Gasteiger partial charge in [-0.25, -0.2) is 19.2 Å². The van der Waals surface area contributed by atoms with Crippen molar-refractivity contribution in [2.75, 3.05) is 51.8 Å². The zero-order valence-electron chi connectivity index (χ0n) is 18.9. The molecule has 0 spiro atoms. The number of amides is 2. The summed E-state index contributed by atoms with van der Waals surface area (Å²) in [6.45, 7) is 3.54. The van der Waals surface area contributed by atoms with Crippen LogP contribution in [0.15, 0.2) is 42.5 Å². The van der Waals surface area contributed by atoms with E-state index in [4.69, 9.17) is 4.74 Å². The maximum atomic E-state index is 15.1. The van der Waals surface area contributed by atoms with Gasteiger partial charge in [-0.05, 0) is 37.3 Å². The standard InChI is InChI=1S/C24H26FN5O3/c1-4-33-24(32)30-13-11-29(12-14-30)23(31)16-9-10-17(19(25)15-16)21-26-20-8-6-5-7-18(20)22(27-21)28(2)3/h5-10,15H,4,11-14H2,1-3H3. The van der Waals surface area contributed by atoms with E-state index >= 15 is 4.39 Å². The summed E-state index contributed by atoms with van der Waals surface area (Å²) in [7, 11) is 3.75. The topological polar surface area (TPSA) is 78.9 Å². The maximum Gasteiger partial charge on any atom is 0.409 e.